The van der Waals surface area contributed by atoms with E-state index in [1.807, 2.05) is 0 Å². The Kier molecular flexibility index (Phi) is 2.40. The quantitative estimate of drug-likeness (QED) is 0.163. The van der Waals surface area contributed by atoms with E-state index < -0.39 is 0 Å². The number of hydrogen-bond donors (Lipinski definition) is 1. The van der Waals surface area contributed by atoms with Crippen molar-refractivity contribution in [1.82, 2.24) is 4.64 Å². The fraction of sp³-hybridized carbons (Fsp3) is 0. The van der Waals surface area contributed by atoms with Crippen LogP contribution in [0.15, 0.2) is 5.10 Å². The molecule has 5 heteroatoms. The van der Waals surface area contributed by atoms with Gasteiger partial charge < -0.3 is 0 Å². The minimum Gasteiger partial charge on any atom is -0.214 e. The van der Waals surface area contributed by atoms with Crippen LogP contribution in [0.1, 0.15) is 0 Å². The molecule has 0 aliphatic rings. The van der Waals surface area contributed by atoms with Crippen molar-refractivity contribution in [2.45, 2.75) is 0 Å². The molecule has 0 aromatic heterocycles. The van der Waals surface area contributed by atoms with Gasteiger partial charge in [-0.3, -0.25) is 0 Å². The van der Waals surface area contributed by atoms with Gasteiger partial charge in [-0.1, -0.05) is 5.10 Å². The van der Waals surface area contributed by atoms with Crippen LogP contribution in [0.25, 0.3) is 0 Å². The largest absolute Gasteiger partial charge is 0.260 e. The zero-order valence-corrected chi connectivity index (χ0v) is 3.51. The fourth-order valence-electron chi connectivity index (χ4n) is 0.0390. The molecule has 0 aromatic rings. The van der Waals surface area contributed by atoms with Crippen molar-refractivity contribution in [2.75, 3.05) is 0 Å². The molecule has 34 valence electrons. The fourth-order valence-corrected chi connectivity index (χ4v) is 0.0699. The first-order valence-electron chi connectivity index (χ1n) is 1.05. The highest BCUT2D eigenvalue weighted by atomic mass is 35.5. The third-order valence-electron chi connectivity index (χ3n) is 0.136. The Balaban J connectivity index is 3.29. The molecule has 0 aliphatic carbocycles. The molecule has 0 rings (SSSR count). The number of hydrazone groups is 1. The number of rotatable bonds is 1. The summed E-state index contributed by atoms with van der Waals surface area (Å²) in [4.78, 5) is 9.12. The van der Waals surface area contributed by atoms with Gasteiger partial charge in [-0.2, -0.15) is 0 Å². The summed E-state index contributed by atoms with van der Waals surface area (Å²) in [7, 11) is 0. The summed E-state index contributed by atoms with van der Waals surface area (Å²) < 4.78 is 0.354. The standard InChI is InChI=1S/CH2ClN3O/c2-5(3)4-1-6/h3H2. The van der Waals surface area contributed by atoms with Gasteiger partial charge in [-0.25, -0.2) is 10.6 Å². The summed E-state index contributed by atoms with van der Waals surface area (Å²) in [5.74, 6) is 4.57. The molecule has 0 aliphatic heterocycles. The molecule has 0 saturated heterocycles. The van der Waals surface area contributed by atoms with E-state index >= 15 is 0 Å². The predicted octanol–water partition coefficient (Wildman–Crippen LogP) is -0.433. The van der Waals surface area contributed by atoms with Crippen LogP contribution < -0.4 is 5.84 Å². The number of nitrogens with zero attached hydrogens (tertiary/aromatic N) is 2. The summed E-state index contributed by atoms with van der Waals surface area (Å²) in [6.45, 7) is 0. The molecule has 0 bridgehead atoms. The summed E-state index contributed by atoms with van der Waals surface area (Å²) in [6, 6.07) is 0. The van der Waals surface area contributed by atoms with E-state index in [0.29, 0.717) is 4.64 Å². The zero-order chi connectivity index (χ0) is 4.99. The molecular weight excluding hydrogens is 105 g/mol. The lowest BCUT2D eigenvalue weighted by Crippen LogP contribution is -2.10. The maximum absolute atomic E-state index is 9.12. The lowest BCUT2D eigenvalue weighted by Gasteiger charge is -1.88. The highest BCUT2D eigenvalue weighted by molar-refractivity contribution is 6.12. The van der Waals surface area contributed by atoms with Crippen LogP contribution in [0.2, 0.25) is 0 Å². The molecule has 2 N–H and O–H groups in total. The summed E-state index contributed by atoms with van der Waals surface area (Å²) in [5, 5.41) is 2.70. The second-order valence-electron chi connectivity index (χ2n) is 0.480. The first kappa shape index (κ1) is 5.43. The molecule has 0 spiro atoms. The Hall–Kier alpha value is -0.570. The van der Waals surface area contributed by atoms with Crippen LogP contribution in [-0.4, -0.2) is 10.7 Å². The predicted molar refractivity (Wildman–Crippen MR) is 20.0 cm³/mol. The molecule has 0 fully saturated rings. The monoisotopic (exact) mass is 107 g/mol. The maximum Gasteiger partial charge on any atom is 0.260 e. The van der Waals surface area contributed by atoms with Crippen LogP contribution in [-0.2, 0) is 4.79 Å². The SMILES string of the molecule is NN(Cl)N=C=O. The van der Waals surface area contributed by atoms with E-state index in [2.05, 4.69) is 10.9 Å². The first-order chi connectivity index (χ1) is 2.77. The smallest absolute Gasteiger partial charge is 0.214 e. The number of isocyanates is 1. The van der Waals surface area contributed by atoms with Gasteiger partial charge in [0, 0.05) is 0 Å². The number of hydrogen-bond acceptors (Lipinski definition) is 4. The molecule has 0 amide bonds. The van der Waals surface area contributed by atoms with Gasteiger partial charge in [0.1, 0.15) is 0 Å². The van der Waals surface area contributed by atoms with Crippen LogP contribution in [0.5, 0.6) is 0 Å². The molecule has 0 saturated carbocycles. The van der Waals surface area contributed by atoms with Gasteiger partial charge in [0.2, 0.25) is 0 Å². The highest BCUT2D eigenvalue weighted by Gasteiger charge is 1.72. The van der Waals surface area contributed by atoms with E-state index in [1.165, 1.54) is 0 Å². The van der Waals surface area contributed by atoms with Crippen molar-refractivity contribution in [3.63, 3.8) is 0 Å². The van der Waals surface area contributed by atoms with Crippen molar-refractivity contribution in [2.24, 2.45) is 10.9 Å². The Morgan fingerprint density at radius 1 is 2.00 bits per heavy atom. The molecule has 0 atom stereocenters. The van der Waals surface area contributed by atoms with Crippen molar-refractivity contribution in [3.05, 3.63) is 0 Å². The van der Waals surface area contributed by atoms with Gasteiger partial charge >= 0.3 is 0 Å². The second kappa shape index (κ2) is 2.66. The van der Waals surface area contributed by atoms with Crippen LogP contribution >= 0.6 is 11.8 Å². The third kappa shape index (κ3) is 3.43. The molecule has 0 heterocycles. The average molecular weight is 108 g/mol. The Morgan fingerprint density at radius 2 is 2.50 bits per heavy atom. The topological polar surface area (TPSA) is 58.7 Å². The number of halogens is 1. The van der Waals surface area contributed by atoms with Crippen molar-refractivity contribution >= 4 is 17.9 Å². The molecule has 0 unspecified atom stereocenters. The van der Waals surface area contributed by atoms with Crippen molar-refractivity contribution in [1.29, 1.82) is 0 Å². The van der Waals surface area contributed by atoms with Gasteiger partial charge in [0.15, 0.2) is 0 Å². The summed E-state index contributed by atoms with van der Waals surface area (Å²) >= 11 is 4.76. The van der Waals surface area contributed by atoms with E-state index in [9.17, 15) is 0 Å². The van der Waals surface area contributed by atoms with Gasteiger partial charge in [0.25, 0.3) is 6.08 Å². The Bertz CT molecular complexity index is 74.9. The third-order valence-corrected chi connectivity index (χ3v) is 0.212. The second-order valence-corrected chi connectivity index (χ2v) is 0.826. The van der Waals surface area contributed by atoms with Crippen LogP contribution in [0.4, 0.5) is 0 Å². The molecule has 0 radical (unpaired) electrons. The van der Waals surface area contributed by atoms with Crippen molar-refractivity contribution in [3.8, 4) is 0 Å². The van der Waals surface area contributed by atoms with Crippen LogP contribution in [0, 0.1) is 0 Å². The molecular formula is CH2ClN3O. The van der Waals surface area contributed by atoms with Crippen LogP contribution in [0.3, 0.4) is 0 Å². The Labute approximate surface area is 39.3 Å². The average Bonchev–Trinajstić information content (AvgIpc) is 1.35. The summed E-state index contributed by atoms with van der Waals surface area (Å²) in [5.41, 5.74) is 0. The highest BCUT2D eigenvalue weighted by Crippen LogP contribution is 1.76. The zero-order valence-electron chi connectivity index (χ0n) is 2.76. The normalized spacial score (nSPS) is 6.33. The lowest BCUT2D eigenvalue weighted by atomic mass is 11.6. The molecule has 6 heavy (non-hydrogen) atoms. The minimum atomic E-state index is 0.354. The van der Waals surface area contributed by atoms with E-state index in [0.717, 1.165) is 6.08 Å². The molecule has 4 nitrogen and oxygen atoms in total. The number of nitrogens with two attached hydrogens (primary N) is 1. The van der Waals surface area contributed by atoms with E-state index in [1.54, 1.807) is 0 Å². The lowest BCUT2D eigenvalue weighted by molar-refractivity contribution is 0.493. The first-order valence-corrected chi connectivity index (χ1v) is 1.39. The Morgan fingerprint density at radius 3 is 2.50 bits per heavy atom. The van der Waals surface area contributed by atoms with Gasteiger partial charge in [0.05, 0.1) is 11.8 Å². The maximum atomic E-state index is 9.12. The van der Waals surface area contributed by atoms with E-state index in [-0.39, 0.29) is 0 Å². The summed E-state index contributed by atoms with van der Waals surface area (Å²) in [6.07, 6.45) is 1.11. The van der Waals surface area contributed by atoms with Gasteiger partial charge in [-0.15, -0.1) is 4.64 Å². The van der Waals surface area contributed by atoms with E-state index in [4.69, 9.17) is 16.6 Å². The van der Waals surface area contributed by atoms with Crippen molar-refractivity contribution < 1.29 is 4.79 Å². The minimum absolute atomic E-state index is 0.354. The van der Waals surface area contributed by atoms with Gasteiger partial charge in [-0.05, 0) is 0 Å². The molecule has 0 aromatic carbocycles. The number of carbonyl (C=O) groups excluding carboxylic acids is 1. The number of hydrazine groups is 1.